The summed E-state index contributed by atoms with van der Waals surface area (Å²) in [6.45, 7) is 3.54. The standard InChI is InChI=1S/C20H19N5O3/c1-13-5-7-15(8-6-13)22-12-17(26)23-24-19(27)18-14(2)28-20(16(18)11-21)25-9-3-4-10-25/h3-10,22H,12H2,1-2H3,(H,23,26)(H,24,27). The van der Waals surface area contributed by atoms with E-state index in [1.807, 2.05) is 37.3 Å². The lowest BCUT2D eigenvalue weighted by molar-refractivity contribution is -0.120. The van der Waals surface area contributed by atoms with E-state index in [4.69, 9.17) is 4.42 Å². The molecule has 3 aromatic rings. The molecule has 0 radical (unpaired) electrons. The van der Waals surface area contributed by atoms with Gasteiger partial charge in [0.05, 0.1) is 6.54 Å². The number of furan rings is 1. The predicted molar refractivity (Wildman–Crippen MR) is 103 cm³/mol. The quantitative estimate of drug-likeness (QED) is 0.591. The predicted octanol–water partition coefficient (Wildman–Crippen LogP) is 2.43. The summed E-state index contributed by atoms with van der Waals surface area (Å²) in [5.41, 5.74) is 6.73. The van der Waals surface area contributed by atoms with Crippen LogP contribution >= 0.6 is 0 Å². The fourth-order valence-corrected chi connectivity index (χ4v) is 2.65. The summed E-state index contributed by atoms with van der Waals surface area (Å²) >= 11 is 0. The van der Waals surface area contributed by atoms with E-state index in [9.17, 15) is 14.9 Å². The van der Waals surface area contributed by atoms with E-state index >= 15 is 0 Å². The molecule has 0 saturated heterocycles. The van der Waals surface area contributed by atoms with Crippen LogP contribution in [0.2, 0.25) is 0 Å². The number of hydrogen-bond donors (Lipinski definition) is 3. The molecule has 0 unspecified atom stereocenters. The van der Waals surface area contributed by atoms with Gasteiger partial charge < -0.3 is 9.73 Å². The topological polar surface area (TPSA) is 112 Å². The van der Waals surface area contributed by atoms with E-state index in [1.54, 1.807) is 36.0 Å². The van der Waals surface area contributed by atoms with E-state index < -0.39 is 11.8 Å². The maximum atomic E-state index is 12.5. The van der Waals surface area contributed by atoms with Gasteiger partial charge in [-0.05, 0) is 38.1 Å². The molecule has 3 rings (SSSR count). The van der Waals surface area contributed by atoms with Gasteiger partial charge in [0.1, 0.15) is 23.0 Å². The third-order valence-corrected chi connectivity index (χ3v) is 4.06. The fraction of sp³-hybridized carbons (Fsp3) is 0.150. The van der Waals surface area contributed by atoms with Crippen LogP contribution in [0.25, 0.3) is 5.88 Å². The smallest absolute Gasteiger partial charge is 0.274 e. The first-order valence-electron chi connectivity index (χ1n) is 8.56. The second-order valence-electron chi connectivity index (χ2n) is 6.14. The van der Waals surface area contributed by atoms with Gasteiger partial charge in [0.25, 0.3) is 11.8 Å². The van der Waals surface area contributed by atoms with E-state index in [-0.39, 0.29) is 29.3 Å². The van der Waals surface area contributed by atoms with Gasteiger partial charge in [-0.1, -0.05) is 17.7 Å². The van der Waals surface area contributed by atoms with Crippen LogP contribution in [0.4, 0.5) is 5.69 Å². The molecule has 2 aromatic heterocycles. The van der Waals surface area contributed by atoms with Gasteiger partial charge in [0.2, 0.25) is 5.88 Å². The zero-order chi connectivity index (χ0) is 20.1. The molecule has 142 valence electrons. The number of nitrogens with one attached hydrogen (secondary N) is 3. The summed E-state index contributed by atoms with van der Waals surface area (Å²) in [7, 11) is 0. The third kappa shape index (κ3) is 4.04. The molecule has 2 heterocycles. The van der Waals surface area contributed by atoms with Crippen LogP contribution in [0, 0.1) is 25.2 Å². The molecular formula is C20H19N5O3. The van der Waals surface area contributed by atoms with Crippen LogP contribution in [0.3, 0.4) is 0 Å². The molecule has 1 aromatic carbocycles. The Bertz CT molecular complexity index is 1030. The molecule has 0 aliphatic carbocycles. The molecule has 28 heavy (non-hydrogen) atoms. The molecule has 0 aliphatic rings. The molecule has 0 spiro atoms. The van der Waals surface area contributed by atoms with Crippen molar-refractivity contribution in [2.45, 2.75) is 13.8 Å². The number of amides is 2. The average molecular weight is 377 g/mol. The Morgan fingerprint density at radius 3 is 2.43 bits per heavy atom. The Kier molecular flexibility index (Phi) is 5.46. The SMILES string of the molecule is Cc1ccc(NCC(=O)NNC(=O)c2c(C)oc(-n3cccc3)c2C#N)cc1. The number of aryl methyl sites for hydroxylation is 2. The maximum Gasteiger partial charge on any atom is 0.274 e. The van der Waals surface area contributed by atoms with Gasteiger partial charge in [-0.15, -0.1) is 0 Å². The average Bonchev–Trinajstić information content (AvgIpc) is 3.33. The molecular weight excluding hydrogens is 358 g/mol. The van der Waals surface area contributed by atoms with Crippen molar-refractivity contribution in [2.24, 2.45) is 0 Å². The number of carbonyl (C=O) groups is 2. The molecule has 0 atom stereocenters. The number of anilines is 1. The van der Waals surface area contributed by atoms with Crippen LogP contribution in [0.1, 0.15) is 27.2 Å². The fourth-order valence-electron chi connectivity index (χ4n) is 2.65. The largest absolute Gasteiger partial charge is 0.443 e. The van der Waals surface area contributed by atoms with E-state index in [2.05, 4.69) is 16.2 Å². The Morgan fingerprint density at radius 2 is 1.79 bits per heavy atom. The van der Waals surface area contributed by atoms with Crippen LogP contribution in [0.5, 0.6) is 0 Å². The number of hydrogen-bond acceptors (Lipinski definition) is 5. The van der Waals surface area contributed by atoms with Crippen LogP contribution in [0.15, 0.2) is 53.2 Å². The van der Waals surface area contributed by atoms with Crippen molar-refractivity contribution in [1.82, 2.24) is 15.4 Å². The molecule has 3 N–H and O–H groups in total. The summed E-state index contributed by atoms with van der Waals surface area (Å²) < 4.78 is 7.18. The summed E-state index contributed by atoms with van der Waals surface area (Å²) in [6.07, 6.45) is 3.42. The second-order valence-corrected chi connectivity index (χ2v) is 6.14. The minimum absolute atomic E-state index is 0.0204. The monoisotopic (exact) mass is 377 g/mol. The lowest BCUT2D eigenvalue weighted by Crippen LogP contribution is -2.44. The maximum absolute atomic E-state index is 12.5. The van der Waals surface area contributed by atoms with Crippen molar-refractivity contribution in [3.8, 4) is 12.0 Å². The second kappa shape index (κ2) is 8.14. The first-order chi connectivity index (χ1) is 13.5. The van der Waals surface area contributed by atoms with Gasteiger partial charge in [-0.25, -0.2) is 0 Å². The van der Waals surface area contributed by atoms with E-state index in [0.717, 1.165) is 11.3 Å². The first kappa shape index (κ1) is 18.8. The number of rotatable bonds is 5. The molecule has 0 fully saturated rings. The zero-order valence-electron chi connectivity index (χ0n) is 15.4. The lowest BCUT2D eigenvalue weighted by Gasteiger charge is -2.09. The van der Waals surface area contributed by atoms with Crippen molar-refractivity contribution in [3.05, 3.63) is 71.2 Å². The summed E-state index contributed by atoms with van der Waals surface area (Å²) in [5, 5.41) is 12.4. The Labute approximate surface area is 161 Å². The highest BCUT2D eigenvalue weighted by atomic mass is 16.4. The van der Waals surface area contributed by atoms with Gasteiger partial charge in [-0.2, -0.15) is 5.26 Å². The minimum Gasteiger partial charge on any atom is -0.443 e. The normalized spacial score (nSPS) is 10.2. The zero-order valence-corrected chi connectivity index (χ0v) is 15.4. The molecule has 2 amide bonds. The van der Waals surface area contributed by atoms with Crippen molar-refractivity contribution in [1.29, 1.82) is 5.26 Å². The minimum atomic E-state index is -0.625. The Hall–Kier alpha value is -3.99. The Morgan fingerprint density at radius 1 is 1.11 bits per heavy atom. The van der Waals surface area contributed by atoms with Gasteiger partial charge in [0, 0.05) is 18.1 Å². The van der Waals surface area contributed by atoms with Gasteiger partial charge in [-0.3, -0.25) is 25.0 Å². The first-order valence-corrected chi connectivity index (χ1v) is 8.56. The van der Waals surface area contributed by atoms with Crippen molar-refractivity contribution < 1.29 is 14.0 Å². The molecule has 8 heteroatoms. The number of nitriles is 1. The highest BCUT2D eigenvalue weighted by Crippen LogP contribution is 2.25. The van der Waals surface area contributed by atoms with Crippen molar-refractivity contribution in [2.75, 3.05) is 11.9 Å². The van der Waals surface area contributed by atoms with Crippen LogP contribution in [-0.4, -0.2) is 22.9 Å². The Balaban J connectivity index is 1.62. The summed E-state index contributed by atoms with van der Waals surface area (Å²) in [4.78, 5) is 24.4. The third-order valence-electron chi connectivity index (χ3n) is 4.06. The van der Waals surface area contributed by atoms with Crippen molar-refractivity contribution >= 4 is 17.5 Å². The highest BCUT2D eigenvalue weighted by Gasteiger charge is 2.24. The van der Waals surface area contributed by atoms with E-state index in [1.165, 1.54) is 0 Å². The summed E-state index contributed by atoms with van der Waals surface area (Å²) in [6, 6.07) is 13.1. The van der Waals surface area contributed by atoms with Gasteiger partial charge in [0.15, 0.2) is 0 Å². The number of carbonyl (C=O) groups excluding carboxylic acids is 2. The van der Waals surface area contributed by atoms with Crippen LogP contribution in [-0.2, 0) is 4.79 Å². The molecule has 0 bridgehead atoms. The van der Waals surface area contributed by atoms with Gasteiger partial charge >= 0.3 is 0 Å². The summed E-state index contributed by atoms with van der Waals surface area (Å²) in [5.74, 6) is -0.522. The number of aromatic nitrogens is 1. The molecule has 8 nitrogen and oxygen atoms in total. The number of nitrogens with zero attached hydrogens (tertiary/aromatic N) is 2. The van der Waals surface area contributed by atoms with Crippen LogP contribution < -0.4 is 16.2 Å². The lowest BCUT2D eigenvalue weighted by atomic mass is 10.1. The van der Waals surface area contributed by atoms with Crippen molar-refractivity contribution in [3.63, 3.8) is 0 Å². The van der Waals surface area contributed by atoms with E-state index in [0.29, 0.717) is 0 Å². The molecule has 0 aliphatic heterocycles. The number of benzene rings is 1. The molecule has 0 saturated carbocycles. The highest BCUT2D eigenvalue weighted by molar-refractivity contribution is 5.99. The number of hydrazine groups is 1.